The van der Waals surface area contributed by atoms with Gasteiger partial charge in [-0.15, -0.1) is 0 Å². The zero-order valence-corrected chi connectivity index (χ0v) is 12.9. The van der Waals surface area contributed by atoms with Crippen LogP contribution in [0.5, 0.6) is 5.75 Å². The first-order valence-corrected chi connectivity index (χ1v) is 8.75. The molecule has 0 atom stereocenters. The molecule has 1 aromatic rings. The molecular formula is C15H23NO3S. The Hall–Kier alpha value is -1.07. The van der Waals surface area contributed by atoms with Crippen molar-refractivity contribution in [1.29, 1.82) is 0 Å². The first kappa shape index (κ1) is 15.3. The average molecular weight is 297 g/mol. The standard InChI is InChI=1S/C15H23NO3S/c1-3-19-14-8-10-15(11-9-14)20(17,18)16-13-6-4-12(2)5-7-13/h8-13,16H,3-7H2,1-2H3. The van der Waals surface area contributed by atoms with Gasteiger partial charge < -0.3 is 4.74 Å². The Morgan fingerprint density at radius 2 is 1.75 bits per heavy atom. The summed E-state index contributed by atoms with van der Waals surface area (Å²) in [6, 6.07) is 6.65. The Morgan fingerprint density at radius 3 is 2.30 bits per heavy atom. The second-order valence-electron chi connectivity index (χ2n) is 5.48. The molecule has 0 bridgehead atoms. The topological polar surface area (TPSA) is 55.4 Å². The van der Waals surface area contributed by atoms with E-state index in [-0.39, 0.29) is 6.04 Å². The third-order valence-corrected chi connectivity index (χ3v) is 5.32. The molecular weight excluding hydrogens is 274 g/mol. The third kappa shape index (κ3) is 3.96. The van der Waals surface area contributed by atoms with Crippen molar-refractivity contribution in [2.45, 2.75) is 50.5 Å². The number of sulfonamides is 1. The highest BCUT2D eigenvalue weighted by Crippen LogP contribution is 2.25. The molecule has 112 valence electrons. The summed E-state index contributed by atoms with van der Waals surface area (Å²) in [6.07, 6.45) is 4.04. The maximum Gasteiger partial charge on any atom is 0.240 e. The van der Waals surface area contributed by atoms with E-state index in [2.05, 4.69) is 11.6 Å². The van der Waals surface area contributed by atoms with E-state index in [1.54, 1.807) is 24.3 Å². The van der Waals surface area contributed by atoms with Crippen LogP contribution in [-0.4, -0.2) is 21.1 Å². The van der Waals surface area contributed by atoms with Gasteiger partial charge in [-0.1, -0.05) is 6.92 Å². The molecule has 0 aliphatic heterocycles. The van der Waals surface area contributed by atoms with Gasteiger partial charge in [0.05, 0.1) is 11.5 Å². The summed E-state index contributed by atoms with van der Waals surface area (Å²) in [7, 11) is -3.41. The van der Waals surface area contributed by atoms with Gasteiger partial charge in [-0.25, -0.2) is 13.1 Å². The molecule has 1 aliphatic carbocycles. The van der Waals surface area contributed by atoms with Gasteiger partial charge in [0.25, 0.3) is 0 Å². The van der Waals surface area contributed by atoms with Crippen LogP contribution in [0.4, 0.5) is 0 Å². The molecule has 0 aromatic heterocycles. The summed E-state index contributed by atoms with van der Waals surface area (Å²) in [5.74, 6) is 1.40. The van der Waals surface area contributed by atoms with Crippen molar-refractivity contribution in [3.63, 3.8) is 0 Å². The monoisotopic (exact) mass is 297 g/mol. The van der Waals surface area contributed by atoms with Crippen LogP contribution in [0, 0.1) is 5.92 Å². The summed E-state index contributed by atoms with van der Waals surface area (Å²) in [6.45, 7) is 4.69. The number of ether oxygens (including phenoxy) is 1. The molecule has 0 heterocycles. The molecule has 20 heavy (non-hydrogen) atoms. The predicted octanol–water partition coefficient (Wildman–Crippen LogP) is 2.94. The zero-order valence-electron chi connectivity index (χ0n) is 12.1. The highest BCUT2D eigenvalue weighted by molar-refractivity contribution is 7.89. The molecule has 1 fully saturated rings. The van der Waals surface area contributed by atoms with E-state index in [4.69, 9.17) is 4.74 Å². The first-order valence-electron chi connectivity index (χ1n) is 7.26. The van der Waals surface area contributed by atoms with Crippen LogP contribution >= 0.6 is 0 Å². The van der Waals surface area contributed by atoms with Crippen LogP contribution < -0.4 is 9.46 Å². The Morgan fingerprint density at radius 1 is 1.15 bits per heavy atom. The normalized spacial score (nSPS) is 23.5. The van der Waals surface area contributed by atoms with Crippen LogP contribution in [0.25, 0.3) is 0 Å². The fourth-order valence-corrected chi connectivity index (χ4v) is 3.85. The quantitative estimate of drug-likeness (QED) is 0.909. The lowest BCUT2D eigenvalue weighted by Crippen LogP contribution is -2.37. The summed E-state index contributed by atoms with van der Waals surface area (Å²) in [5, 5.41) is 0. The number of hydrogen-bond donors (Lipinski definition) is 1. The predicted molar refractivity (Wildman–Crippen MR) is 79.4 cm³/mol. The number of nitrogens with one attached hydrogen (secondary N) is 1. The van der Waals surface area contributed by atoms with Crippen molar-refractivity contribution < 1.29 is 13.2 Å². The third-order valence-electron chi connectivity index (χ3n) is 3.78. The van der Waals surface area contributed by atoms with Gasteiger partial charge in [-0.3, -0.25) is 0 Å². The lowest BCUT2D eigenvalue weighted by Gasteiger charge is -2.26. The highest BCUT2D eigenvalue weighted by Gasteiger charge is 2.24. The van der Waals surface area contributed by atoms with Crippen LogP contribution in [0.15, 0.2) is 29.2 Å². The molecule has 2 rings (SSSR count). The fourth-order valence-electron chi connectivity index (χ4n) is 2.55. The molecule has 1 saturated carbocycles. The van der Waals surface area contributed by atoms with E-state index in [1.807, 2.05) is 6.92 Å². The van der Waals surface area contributed by atoms with Crippen molar-refractivity contribution in [3.8, 4) is 5.75 Å². The van der Waals surface area contributed by atoms with Crippen molar-refractivity contribution in [2.75, 3.05) is 6.61 Å². The molecule has 0 unspecified atom stereocenters. The lowest BCUT2D eigenvalue weighted by molar-refractivity contribution is 0.332. The maximum absolute atomic E-state index is 12.3. The van der Waals surface area contributed by atoms with Gasteiger partial charge in [0.2, 0.25) is 10.0 Å². The first-order chi connectivity index (χ1) is 9.51. The van der Waals surface area contributed by atoms with Gasteiger partial charge in [-0.2, -0.15) is 0 Å². The van der Waals surface area contributed by atoms with Gasteiger partial charge in [-0.05, 0) is 62.8 Å². The maximum atomic E-state index is 12.3. The van der Waals surface area contributed by atoms with Crippen molar-refractivity contribution in [2.24, 2.45) is 5.92 Å². The highest BCUT2D eigenvalue weighted by atomic mass is 32.2. The molecule has 0 radical (unpaired) electrons. The number of benzene rings is 1. The summed E-state index contributed by atoms with van der Waals surface area (Å²) in [5.41, 5.74) is 0. The smallest absolute Gasteiger partial charge is 0.240 e. The number of rotatable bonds is 5. The van der Waals surface area contributed by atoms with Crippen molar-refractivity contribution >= 4 is 10.0 Å². The van der Waals surface area contributed by atoms with E-state index < -0.39 is 10.0 Å². The molecule has 1 aliphatic rings. The molecule has 1 aromatic carbocycles. The van der Waals surface area contributed by atoms with Crippen LogP contribution in [0.3, 0.4) is 0 Å². The van der Waals surface area contributed by atoms with Crippen LogP contribution in [-0.2, 0) is 10.0 Å². The van der Waals surface area contributed by atoms with Gasteiger partial charge in [0.15, 0.2) is 0 Å². The largest absolute Gasteiger partial charge is 0.494 e. The molecule has 1 N–H and O–H groups in total. The summed E-state index contributed by atoms with van der Waals surface area (Å²) in [4.78, 5) is 0.305. The molecule has 5 heteroatoms. The second kappa shape index (κ2) is 6.59. The SMILES string of the molecule is CCOc1ccc(S(=O)(=O)NC2CCC(C)CC2)cc1. The Balaban J connectivity index is 2.02. The van der Waals surface area contributed by atoms with E-state index in [9.17, 15) is 8.42 Å². The second-order valence-corrected chi connectivity index (χ2v) is 7.20. The van der Waals surface area contributed by atoms with E-state index >= 15 is 0 Å². The summed E-state index contributed by atoms with van der Waals surface area (Å²) >= 11 is 0. The van der Waals surface area contributed by atoms with E-state index in [1.165, 1.54) is 0 Å². The minimum absolute atomic E-state index is 0.0720. The molecule has 0 amide bonds. The van der Waals surface area contributed by atoms with E-state index in [0.717, 1.165) is 25.7 Å². The summed E-state index contributed by atoms with van der Waals surface area (Å²) < 4.78 is 32.7. The van der Waals surface area contributed by atoms with Gasteiger partial charge in [0.1, 0.15) is 5.75 Å². The Labute approximate surface area is 121 Å². The Kier molecular flexibility index (Phi) is 5.05. The molecule has 4 nitrogen and oxygen atoms in total. The molecule has 0 saturated heterocycles. The van der Waals surface area contributed by atoms with Gasteiger partial charge >= 0.3 is 0 Å². The van der Waals surface area contributed by atoms with Crippen molar-refractivity contribution in [1.82, 2.24) is 4.72 Å². The minimum Gasteiger partial charge on any atom is -0.494 e. The van der Waals surface area contributed by atoms with E-state index in [0.29, 0.717) is 23.2 Å². The molecule has 0 spiro atoms. The zero-order chi connectivity index (χ0) is 14.6. The lowest BCUT2D eigenvalue weighted by atomic mass is 9.88. The van der Waals surface area contributed by atoms with Crippen LogP contribution in [0.2, 0.25) is 0 Å². The van der Waals surface area contributed by atoms with Gasteiger partial charge in [0, 0.05) is 6.04 Å². The average Bonchev–Trinajstić information content (AvgIpc) is 2.42. The van der Waals surface area contributed by atoms with Crippen LogP contribution in [0.1, 0.15) is 39.5 Å². The Bertz CT molecular complexity index is 517. The van der Waals surface area contributed by atoms with Crippen molar-refractivity contribution in [3.05, 3.63) is 24.3 Å². The fraction of sp³-hybridized carbons (Fsp3) is 0.600. The minimum atomic E-state index is -3.41. The number of hydrogen-bond acceptors (Lipinski definition) is 3.